The lowest BCUT2D eigenvalue weighted by Crippen LogP contribution is -2.37. The van der Waals surface area contributed by atoms with Gasteiger partial charge in [-0.25, -0.2) is 9.97 Å². The average Bonchev–Trinajstić information content (AvgIpc) is 2.63. The number of ether oxygens (including phenoxy) is 1. The summed E-state index contributed by atoms with van der Waals surface area (Å²) in [6.45, 7) is 1.73. The van der Waals surface area contributed by atoms with E-state index in [1.165, 1.54) is 11.7 Å². The average molecular weight is 369 g/mol. The smallest absolute Gasteiger partial charge is 0.433 e. The zero-order valence-electron chi connectivity index (χ0n) is 14.1. The maximum absolute atomic E-state index is 12.6. The third-order valence-corrected chi connectivity index (χ3v) is 4.35. The molecule has 3 rings (SSSR count). The van der Waals surface area contributed by atoms with E-state index in [9.17, 15) is 18.0 Å². The lowest BCUT2D eigenvalue weighted by molar-refractivity contribution is -0.141. The van der Waals surface area contributed by atoms with Gasteiger partial charge in [0.25, 0.3) is 5.56 Å². The first-order valence-corrected chi connectivity index (χ1v) is 8.12. The quantitative estimate of drug-likeness (QED) is 0.821. The number of piperidine rings is 1. The van der Waals surface area contributed by atoms with Crippen molar-refractivity contribution in [3.05, 3.63) is 40.7 Å². The minimum atomic E-state index is -4.61. The largest absolute Gasteiger partial charge is 0.481 e. The van der Waals surface area contributed by atoms with Crippen LogP contribution in [0.3, 0.4) is 0 Å². The molecule has 3 heterocycles. The third kappa shape index (κ3) is 4.12. The lowest BCUT2D eigenvalue weighted by Gasteiger charge is -2.32. The van der Waals surface area contributed by atoms with Gasteiger partial charge in [0.2, 0.25) is 11.8 Å². The molecule has 26 heavy (non-hydrogen) atoms. The molecule has 0 aliphatic carbocycles. The van der Waals surface area contributed by atoms with E-state index in [4.69, 9.17) is 4.74 Å². The molecule has 0 atom stereocenters. The van der Waals surface area contributed by atoms with Crippen LogP contribution in [0.25, 0.3) is 0 Å². The number of alkyl halides is 3. The van der Waals surface area contributed by atoms with Crippen LogP contribution >= 0.6 is 0 Å². The Hall–Kier alpha value is -2.65. The predicted octanol–water partition coefficient (Wildman–Crippen LogP) is 1.98. The highest BCUT2D eigenvalue weighted by Gasteiger charge is 2.33. The maximum Gasteiger partial charge on any atom is 0.433 e. The van der Waals surface area contributed by atoms with Crippen LogP contribution in [0, 0.1) is 5.92 Å². The summed E-state index contributed by atoms with van der Waals surface area (Å²) in [5.74, 6) is 1.24. The van der Waals surface area contributed by atoms with Gasteiger partial charge in [-0.3, -0.25) is 9.36 Å². The van der Waals surface area contributed by atoms with Crippen LogP contribution < -0.4 is 15.2 Å². The van der Waals surface area contributed by atoms with Crippen molar-refractivity contribution in [3.63, 3.8) is 0 Å². The van der Waals surface area contributed by atoms with E-state index in [-0.39, 0.29) is 5.92 Å². The van der Waals surface area contributed by atoms with Gasteiger partial charge in [0.15, 0.2) is 5.69 Å². The zero-order valence-corrected chi connectivity index (χ0v) is 14.1. The van der Waals surface area contributed by atoms with Gasteiger partial charge in [-0.1, -0.05) is 0 Å². The zero-order chi connectivity index (χ0) is 18.7. The van der Waals surface area contributed by atoms with Gasteiger partial charge in [0.1, 0.15) is 0 Å². The minimum Gasteiger partial charge on any atom is -0.481 e. The number of aromatic nitrogens is 4. The molecule has 1 fully saturated rings. The summed E-state index contributed by atoms with van der Waals surface area (Å²) in [6, 6.07) is 2.21. The molecule has 0 bridgehead atoms. The summed E-state index contributed by atoms with van der Waals surface area (Å²) < 4.78 is 44.1. The van der Waals surface area contributed by atoms with Crippen LogP contribution in [-0.2, 0) is 12.7 Å². The van der Waals surface area contributed by atoms with Crippen LogP contribution in [-0.4, -0.2) is 39.7 Å². The van der Waals surface area contributed by atoms with Gasteiger partial charge in [-0.15, -0.1) is 0 Å². The summed E-state index contributed by atoms with van der Waals surface area (Å²) in [4.78, 5) is 25.8. The van der Waals surface area contributed by atoms with E-state index in [2.05, 4.69) is 15.0 Å². The SMILES string of the molecule is COc1ccnc(N2CCC(Cn3cnc(C(F)(F)F)cc3=O)CC2)n1. The Morgan fingerprint density at radius 3 is 2.62 bits per heavy atom. The number of methoxy groups -OCH3 is 1. The molecule has 0 spiro atoms. The van der Waals surface area contributed by atoms with Crippen molar-refractivity contribution in [1.29, 1.82) is 0 Å². The van der Waals surface area contributed by atoms with Crippen molar-refractivity contribution in [1.82, 2.24) is 19.5 Å². The van der Waals surface area contributed by atoms with Gasteiger partial charge < -0.3 is 9.64 Å². The summed E-state index contributed by atoms with van der Waals surface area (Å²) in [5, 5.41) is 0. The number of halogens is 3. The second-order valence-corrected chi connectivity index (χ2v) is 6.09. The highest BCUT2D eigenvalue weighted by molar-refractivity contribution is 5.32. The van der Waals surface area contributed by atoms with E-state index < -0.39 is 17.4 Å². The molecule has 1 saturated heterocycles. The van der Waals surface area contributed by atoms with Crippen molar-refractivity contribution >= 4 is 5.95 Å². The Balaban J connectivity index is 1.61. The van der Waals surface area contributed by atoms with Crippen LogP contribution in [0.5, 0.6) is 5.88 Å². The Morgan fingerprint density at radius 1 is 1.27 bits per heavy atom. The summed E-state index contributed by atoms with van der Waals surface area (Å²) >= 11 is 0. The van der Waals surface area contributed by atoms with Crippen LogP contribution in [0.4, 0.5) is 19.1 Å². The topological polar surface area (TPSA) is 73.1 Å². The normalized spacial score (nSPS) is 15.9. The minimum absolute atomic E-state index is 0.174. The van der Waals surface area contributed by atoms with Gasteiger partial charge in [0.05, 0.1) is 13.4 Å². The molecule has 1 aliphatic heterocycles. The fourth-order valence-electron chi connectivity index (χ4n) is 2.91. The Kier molecular flexibility index (Phi) is 5.10. The Labute approximate surface area is 147 Å². The fraction of sp³-hybridized carbons (Fsp3) is 0.500. The van der Waals surface area contributed by atoms with Gasteiger partial charge in [-0.05, 0) is 18.8 Å². The second-order valence-electron chi connectivity index (χ2n) is 6.09. The third-order valence-electron chi connectivity index (χ3n) is 4.35. The molecule has 2 aromatic heterocycles. The summed E-state index contributed by atoms with van der Waals surface area (Å²) in [6.07, 6.45) is -0.466. The number of nitrogens with zero attached hydrogens (tertiary/aromatic N) is 5. The van der Waals surface area contributed by atoms with E-state index >= 15 is 0 Å². The first-order valence-electron chi connectivity index (χ1n) is 8.12. The van der Waals surface area contributed by atoms with E-state index in [0.29, 0.717) is 37.5 Å². The van der Waals surface area contributed by atoms with Crippen molar-refractivity contribution in [2.24, 2.45) is 5.92 Å². The van der Waals surface area contributed by atoms with E-state index in [1.54, 1.807) is 12.3 Å². The molecule has 0 amide bonds. The summed E-state index contributed by atoms with van der Waals surface area (Å²) in [5.41, 5.74) is -1.85. The fourth-order valence-corrected chi connectivity index (χ4v) is 2.91. The molecular formula is C16H18F3N5O2. The number of anilines is 1. The predicted molar refractivity (Wildman–Crippen MR) is 87.0 cm³/mol. The molecule has 1 aliphatic rings. The molecule has 10 heteroatoms. The number of rotatable bonds is 4. The maximum atomic E-state index is 12.6. The number of hydrogen-bond acceptors (Lipinski definition) is 6. The molecule has 0 N–H and O–H groups in total. The first kappa shape index (κ1) is 18.2. The highest BCUT2D eigenvalue weighted by Crippen LogP contribution is 2.26. The molecular weight excluding hydrogens is 351 g/mol. The Bertz CT molecular complexity index is 816. The lowest BCUT2D eigenvalue weighted by atomic mass is 9.97. The molecule has 0 aromatic carbocycles. The highest BCUT2D eigenvalue weighted by atomic mass is 19.4. The van der Waals surface area contributed by atoms with Gasteiger partial charge in [-0.2, -0.15) is 18.2 Å². The van der Waals surface area contributed by atoms with E-state index in [1.807, 2.05) is 4.90 Å². The van der Waals surface area contributed by atoms with Crippen LogP contribution in [0.15, 0.2) is 29.5 Å². The Morgan fingerprint density at radius 2 is 2.00 bits per heavy atom. The van der Waals surface area contributed by atoms with Crippen LogP contribution in [0.1, 0.15) is 18.5 Å². The van der Waals surface area contributed by atoms with Gasteiger partial charge in [0, 0.05) is 38.0 Å². The molecule has 0 saturated carbocycles. The molecule has 0 radical (unpaired) electrons. The summed E-state index contributed by atoms with van der Waals surface area (Å²) in [7, 11) is 1.54. The van der Waals surface area contributed by atoms with Gasteiger partial charge >= 0.3 is 6.18 Å². The number of hydrogen-bond donors (Lipinski definition) is 0. The van der Waals surface area contributed by atoms with Crippen LogP contribution in [0.2, 0.25) is 0 Å². The van der Waals surface area contributed by atoms with E-state index in [0.717, 1.165) is 19.2 Å². The second kappa shape index (κ2) is 7.30. The van der Waals surface area contributed by atoms with Crippen molar-refractivity contribution in [2.45, 2.75) is 25.6 Å². The molecule has 140 valence electrons. The monoisotopic (exact) mass is 369 g/mol. The standard InChI is InChI=1S/C16H18F3N5O2/c1-26-13-2-5-20-15(22-13)23-6-3-11(4-7-23)9-24-10-21-12(8-14(24)25)16(17,18)19/h2,5,8,10-11H,3-4,6-7,9H2,1H3. The molecule has 2 aromatic rings. The first-order chi connectivity index (χ1) is 12.4. The molecule has 0 unspecified atom stereocenters. The van der Waals surface area contributed by atoms with Crippen molar-refractivity contribution < 1.29 is 17.9 Å². The van der Waals surface area contributed by atoms with Crippen molar-refractivity contribution in [2.75, 3.05) is 25.1 Å². The van der Waals surface area contributed by atoms with Crippen molar-refractivity contribution in [3.8, 4) is 5.88 Å². The molecule has 7 nitrogen and oxygen atoms in total.